The first-order valence-corrected chi connectivity index (χ1v) is 11.1. The van der Waals surface area contributed by atoms with Crippen LogP contribution in [0.5, 0.6) is 0 Å². The maximum atomic E-state index is 9.63. The number of hydrogen-bond acceptors (Lipinski definition) is 4. The highest BCUT2D eigenvalue weighted by atomic mass is 15.1. The van der Waals surface area contributed by atoms with Crippen LogP contribution in [0.1, 0.15) is 22.3 Å². The number of para-hydroxylation sites is 2. The molecule has 0 unspecified atom stereocenters. The van der Waals surface area contributed by atoms with Gasteiger partial charge in [0.1, 0.15) is 5.65 Å². The summed E-state index contributed by atoms with van der Waals surface area (Å²) in [6, 6.07) is 34.8. The third kappa shape index (κ3) is 2.94. The maximum Gasteiger partial charge on any atom is 0.131 e. The molecule has 0 N–H and O–H groups in total. The molecule has 2 aromatic heterocycles. The molecule has 0 saturated heterocycles. The van der Waals surface area contributed by atoms with Crippen molar-refractivity contribution in [2.75, 3.05) is 0 Å². The summed E-state index contributed by atoms with van der Waals surface area (Å²) in [5, 5.41) is 41.6. The molecule has 0 saturated carbocycles. The number of aromatic nitrogens is 2. The minimum Gasteiger partial charge on any atom is -0.295 e. The Hall–Kier alpha value is -5.82. The van der Waals surface area contributed by atoms with Crippen molar-refractivity contribution in [1.29, 1.82) is 21.0 Å². The van der Waals surface area contributed by atoms with E-state index in [2.05, 4.69) is 36.4 Å². The van der Waals surface area contributed by atoms with E-state index >= 15 is 0 Å². The van der Waals surface area contributed by atoms with E-state index in [-0.39, 0.29) is 0 Å². The molecule has 6 aromatic rings. The predicted molar refractivity (Wildman–Crippen MR) is 136 cm³/mol. The van der Waals surface area contributed by atoms with Crippen LogP contribution in [-0.2, 0) is 0 Å². The Morgan fingerprint density at radius 1 is 0.472 bits per heavy atom. The monoisotopic (exact) mass is 458 g/mol. The Balaban J connectivity index is 1.88. The Morgan fingerprint density at radius 3 is 1.19 bits per heavy atom. The number of benzene rings is 4. The molecule has 36 heavy (non-hydrogen) atoms. The molecule has 6 rings (SSSR count). The van der Waals surface area contributed by atoms with E-state index in [0.29, 0.717) is 33.6 Å². The van der Waals surface area contributed by atoms with Gasteiger partial charge in [0.05, 0.1) is 68.9 Å². The minimum absolute atomic E-state index is 0.385. The van der Waals surface area contributed by atoms with Crippen LogP contribution in [0.25, 0.3) is 44.2 Å². The fraction of sp³-hybridized carbons (Fsp3) is 0. The van der Waals surface area contributed by atoms with Crippen molar-refractivity contribution < 1.29 is 0 Å². The van der Waals surface area contributed by atoms with Gasteiger partial charge in [-0.15, -0.1) is 0 Å². The molecule has 0 atom stereocenters. The van der Waals surface area contributed by atoms with Crippen molar-refractivity contribution in [3.63, 3.8) is 0 Å². The molecule has 0 aliphatic rings. The van der Waals surface area contributed by atoms with Gasteiger partial charge in [-0.25, -0.2) is 0 Å². The zero-order chi connectivity index (χ0) is 24.8. The van der Waals surface area contributed by atoms with Gasteiger partial charge >= 0.3 is 0 Å². The fourth-order valence-electron chi connectivity index (χ4n) is 4.96. The second kappa shape index (κ2) is 7.89. The van der Waals surface area contributed by atoms with Crippen LogP contribution < -0.4 is 0 Å². The highest BCUT2D eigenvalue weighted by Gasteiger charge is 2.22. The molecular formula is C30H14N6. The third-order valence-corrected chi connectivity index (χ3v) is 6.34. The van der Waals surface area contributed by atoms with Crippen molar-refractivity contribution >= 4 is 32.8 Å². The van der Waals surface area contributed by atoms with Gasteiger partial charge in [0.15, 0.2) is 0 Å². The summed E-state index contributed by atoms with van der Waals surface area (Å²) in [5.41, 5.74) is 5.54. The van der Waals surface area contributed by atoms with Crippen molar-refractivity contribution in [3.8, 4) is 35.7 Å². The average molecular weight is 458 g/mol. The van der Waals surface area contributed by atoms with Crippen LogP contribution in [-0.4, -0.2) is 9.13 Å². The van der Waals surface area contributed by atoms with E-state index in [0.717, 1.165) is 32.8 Å². The van der Waals surface area contributed by atoms with E-state index in [4.69, 9.17) is 0 Å². The van der Waals surface area contributed by atoms with Crippen LogP contribution in [0.4, 0.5) is 0 Å². The first-order chi connectivity index (χ1) is 17.7. The summed E-state index contributed by atoms with van der Waals surface area (Å²) in [5.74, 6) is 0. The van der Waals surface area contributed by atoms with Gasteiger partial charge < -0.3 is 0 Å². The zero-order valence-corrected chi connectivity index (χ0v) is 18.8. The molecule has 0 aliphatic carbocycles. The van der Waals surface area contributed by atoms with Crippen molar-refractivity contribution in [2.24, 2.45) is 0 Å². The Labute approximate surface area is 205 Å². The van der Waals surface area contributed by atoms with Gasteiger partial charge in [0.2, 0.25) is 0 Å². The largest absolute Gasteiger partial charge is 0.295 e. The lowest BCUT2D eigenvalue weighted by Crippen LogP contribution is -2.03. The molecule has 0 radical (unpaired) electrons. The van der Waals surface area contributed by atoms with Gasteiger partial charge in [0, 0.05) is 16.2 Å². The van der Waals surface area contributed by atoms with Gasteiger partial charge in [-0.05, 0) is 48.5 Å². The second-order valence-corrected chi connectivity index (χ2v) is 8.39. The summed E-state index contributed by atoms with van der Waals surface area (Å²) < 4.78 is 4.08. The molecule has 0 spiro atoms. The van der Waals surface area contributed by atoms with Crippen LogP contribution in [0.2, 0.25) is 0 Å². The van der Waals surface area contributed by atoms with Crippen molar-refractivity contribution in [3.05, 3.63) is 107 Å². The standard InChI is InChI=1S/C30H14N6/c31-15-19-9-20(16-32)12-23(11-19)35-27-7-3-1-5-25(27)29-26-6-2-4-8-28(26)36(30(29)35)24-13-21(17-33)10-22(14-24)18-34/h1-14H. The average Bonchev–Trinajstić information content (AvgIpc) is 3.45. The smallest absolute Gasteiger partial charge is 0.131 e. The van der Waals surface area contributed by atoms with Crippen LogP contribution >= 0.6 is 0 Å². The molecule has 2 heterocycles. The lowest BCUT2D eigenvalue weighted by atomic mass is 10.1. The third-order valence-electron chi connectivity index (χ3n) is 6.34. The highest BCUT2D eigenvalue weighted by molar-refractivity contribution is 6.22. The molecule has 6 heteroatoms. The van der Waals surface area contributed by atoms with E-state index in [1.807, 2.05) is 45.5 Å². The molecule has 0 fully saturated rings. The minimum atomic E-state index is 0.385. The lowest BCUT2D eigenvalue weighted by Gasteiger charge is -2.14. The van der Waals surface area contributed by atoms with E-state index in [9.17, 15) is 21.0 Å². The summed E-state index contributed by atoms with van der Waals surface area (Å²) in [6.07, 6.45) is 0. The van der Waals surface area contributed by atoms with Crippen LogP contribution in [0.3, 0.4) is 0 Å². The molecule has 0 bridgehead atoms. The van der Waals surface area contributed by atoms with E-state index < -0.39 is 0 Å². The second-order valence-electron chi connectivity index (χ2n) is 8.39. The number of nitriles is 4. The number of nitrogens with zero attached hydrogens (tertiary/aromatic N) is 6. The van der Waals surface area contributed by atoms with Gasteiger partial charge in [-0.1, -0.05) is 36.4 Å². The number of fused-ring (bicyclic) bond motifs is 5. The first kappa shape index (κ1) is 20.8. The van der Waals surface area contributed by atoms with Gasteiger partial charge in [0.25, 0.3) is 0 Å². The summed E-state index contributed by atoms with van der Waals surface area (Å²) in [6.45, 7) is 0. The quantitative estimate of drug-likeness (QED) is 0.307. The molecule has 6 nitrogen and oxygen atoms in total. The molecular weight excluding hydrogens is 444 g/mol. The lowest BCUT2D eigenvalue weighted by molar-refractivity contribution is 1.06. The van der Waals surface area contributed by atoms with E-state index in [1.54, 1.807) is 36.4 Å². The van der Waals surface area contributed by atoms with Crippen molar-refractivity contribution in [1.82, 2.24) is 9.13 Å². The van der Waals surface area contributed by atoms with Crippen molar-refractivity contribution in [2.45, 2.75) is 0 Å². The Bertz CT molecular complexity index is 1840. The fourth-order valence-corrected chi connectivity index (χ4v) is 4.96. The zero-order valence-electron chi connectivity index (χ0n) is 18.8. The maximum absolute atomic E-state index is 9.63. The van der Waals surface area contributed by atoms with E-state index in [1.165, 1.54) is 0 Å². The SMILES string of the molecule is N#Cc1cc(C#N)cc(-n2c3ccccc3c3c4ccccc4n(-c4cc(C#N)cc(C#N)c4)c32)c1. The molecule has 164 valence electrons. The number of rotatable bonds is 2. The summed E-state index contributed by atoms with van der Waals surface area (Å²) in [4.78, 5) is 0. The molecule has 0 aliphatic heterocycles. The van der Waals surface area contributed by atoms with Crippen LogP contribution in [0.15, 0.2) is 84.9 Å². The summed E-state index contributed by atoms with van der Waals surface area (Å²) >= 11 is 0. The topological polar surface area (TPSA) is 105 Å². The molecule has 0 amide bonds. The van der Waals surface area contributed by atoms with Gasteiger partial charge in [-0.2, -0.15) is 21.0 Å². The Kier molecular flexibility index (Phi) is 4.55. The predicted octanol–water partition coefficient (Wildman–Crippen LogP) is 6.21. The summed E-state index contributed by atoms with van der Waals surface area (Å²) in [7, 11) is 0. The first-order valence-electron chi connectivity index (χ1n) is 11.1. The molecule has 4 aromatic carbocycles. The number of hydrogen-bond donors (Lipinski definition) is 0. The normalized spacial score (nSPS) is 10.7. The van der Waals surface area contributed by atoms with Crippen LogP contribution in [0, 0.1) is 45.3 Å². The highest BCUT2D eigenvalue weighted by Crippen LogP contribution is 2.41. The Morgan fingerprint density at radius 2 is 0.833 bits per heavy atom. The van der Waals surface area contributed by atoms with Gasteiger partial charge in [-0.3, -0.25) is 9.13 Å².